The molecule has 0 bridgehead atoms. The summed E-state index contributed by atoms with van der Waals surface area (Å²) in [5, 5.41) is 5.06. The van der Waals surface area contributed by atoms with E-state index in [1.165, 1.54) is 37.7 Å². The van der Waals surface area contributed by atoms with Crippen LogP contribution in [-0.4, -0.2) is 12.9 Å². The summed E-state index contributed by atoms with van der Waals surface area (Å²) < 4.78 is 0. The van der Waals surface area contributed by atoms with E-state index in [0.717, 1.165) is 21.7 Å². The summed E-state index contributed by atoms with van der Waals surface area (Å²) in [4.78, 5) is 5.78. The molecule has 0 radical (unpaired) electrons. The lowest BCUT2D eigenvalue weighted by molar-refractivity contribution is 0.122. The second-order valence-corrected chi connectivity index (χ2v) is 8.78. The van der Waals surface area contributed by atoms with E-state index < -0.39 is 0 Å². The Hall–Kier alpha value is -1.08. The molecule has 0 spiro atoms. The molecule has 1 aliphatic carbocycles. The molecule has 0 amide bonds. The number of hydrogen-bond donors (Lipinski definition) is 0. The van der Waals surface area contributed by atoms with Crippen LogP contribution in [-0.2, 0) is 10.7 Å². The summed E-state index contributed by atoms with van der Waals surface area (Å²) in [6, 6.07) is 14.4. The zero-order chi connectivity index (χ0) is 19.1. The van der Waals surface area contributed by atoms with Gasteiger partial charge in [-0.1, -0.05) is 81.0 Å². The first-order valence-corrected chi connectivity index (χ1v) is 12.0. The van der Waals surface area contributed by atoms with Crippen molar-refractivity contribution in [3.8, 4) is 0 Å². The van der Waals surface area contributed by atoms with Gasteiger partial charge in [-0.2, -0.15) is 0 Å². The van der Waals surface area contributed by atoms with Crippen LogP contribution in [0.3, 0.4) is 0 Å². The van der Waals surface area contributed by atoms with E-state index in [1.807, 2.05) is 24.3 Å². The number of halogens is 2. The highest BCUT2D eigenvalue weighted by atomic mass is 35.5. The van der Waals surface area contributed by atoms with Crippen molar-refractivity contribution in [3.63, 3.8) is 0 Å². The maximum absolute atomic E-state index is 6.62. The van der Waals surface area contributed by atoms with E-state index >= 15 is 0 Å². The van der Waals surface area contributed by atoms with Gasteiger partial charge in [-0.15, -0.1) is 11.6 Å². The highest BCUT2D eigenvalue weighted by Gasteiger charge is 2.19. The van der Waals surface area contributed by atoms with Crippen LogP contribution in [0, 0.1) is 0 Å². The van der Waals surface area contributed by atoms with Crippen molar-refractivity contribution in [3.05, 3.63) is 69.7 Å². The van der Waals surface area contributed by atoms with Crippen LogP contribution < -0.4 is 0 Å². The smallest absolute Gasteiger partial charge is 0.167 e. The van der Waals surface area contributed by atoms with Crippen LogP contribution in [0.2, 0.25) is 5.02 Å². The van der Waals surface area contributed by atoms with E-state index in [-0.39, 0.29) is 5.85 Å². The molecule has 144 valence electrons. The van der Waals surface area contributed by atoms with Crippen LogP contribution in [0.15, 0.2) is 47.6 Å². The molecule has 3 rings (SSSR count). The van der Waals surface area contributed by atoms with Crippen LogP contribution in [0.1, 0.15) is 66.1 Å². The second kappa shape index (κ2) is 10.5. The summed E-state index contributed by atoms with van der Waals surface area (Å²) in [5.74, 6) is 1.06. The Morgan fingerprint density at radius 1 is 1.15 bits per heavy atom. The van der Waals surface area contributed by atoms with Gasteiger partial charge in [0.05, 0.1) is 6.21 Å². The number of rotatable bonds is 7. The first-order chi connectivity index (χ1) is 13.2. The van der Waals surface area contributed by atoms with Gasteiger partial charge in [0, 0.05) is 16.5 Å². The molecule has 2 atom stereocenters. The molecule has 2 aromatic carbocycles. The predicted molar refractivity (Wildman–Crippen MR) is 119 cm³/mol. The molecule has 0 heterocycles. The van der Waals surface area contributed by atoms with Gasteiger partial charge in [0.1, 0.15) is 0 Å². The predicted octanol–water partition coefficient (Wildman–Crippen LogP) is 7.48. The Morgan fingerprint density at radius 3 is 2.52 bits per heavy atom. The molecule has 2 unspecified atom stereocenters. The van der Waals surface area contributed by atoms with Gasteiger partial charge in [-0.05, 0) is 48.2 Å². The van der Waals surface area contributed by atoms with Gasteiger partial charge in [0.15, 0.2) is 5.85 Å². The molecular formula is C22H26Cl2NOP. The third-order valence-electron chi connectivity index (χ3n) is 5.14. The molecule has 1 saturated carbocycles. The normalized spacial score (nSPS) is 17.0. The number of hydrogen-bond acceptors (Lipinski definition) is 2. The molecule has 1 fully saturated rings. The fraction of sp³-hybridized carbons (Fsp3) is 0.409. The minimum Gasteiger partial charge on any atom is -0.383 e. The molecule has 1 aliphatic rings. The Morgan fingerprint density at radius 2 is 1.89 bits per heavy atom. The highest BCUT2D eigenvalue weighted by Crippen LogP contribution is 2.40. The standard InChI is InChI=1S/C22H26Cl2NOP/c1-27-22(26-25-15-17-9-7-16(14-23)8-10-17)19-11-12-20(21(24)13-19)18-5-3-2-4-6-18/h7-13,15,18,22,27H,2-6,14H2,1H3/b25-15+. The number of nitrogens with zero attached hydrogens (tertiary/aromatic N) is 1. The largest absolute Gasteiger partial charge is 0.383 e. The monoisotopic (exact) mass is 421 g/mol. The van der Waals surface area contributed by atoms with Gasteiger partial charge >= 0.3 is 0 Å². The first kappa shape index (κ1) is 20.6. The molecule has 27 heavy (non-hydrogen) atoms. The van der Waals surface area contributed by atoms with E-state index in [9.17, 15) is 0 Å². The van der Waals surface area contributed by atoms with Crippen LogP contribution in [0.25, 0.3) is 0 Å². The van der Waals surface area contributed by atoms with Gasteiger partial charge in [-0.25, -0.2) is 0 Å². The Labute approximate surface area is 174 Å². The summed E-state index contributed by atoms with van der Waals surface area (Å²) in [6.07, 6.45) is 8.22. The molecular weight excluding hydrogens is 396 g/mol. The summed E-state index contributed by atoms with van der Waals surface area (Å²) in [5.41, 5.74) is 4.47. The lowest BCUT2D eigenvalue weighted by atomic mass is 9.84. The zero-order valence-corrected chi connectivity index (χ0v) is 18.1. The molecule has 0 aromatic heterocycles. The number of alkyl halides is 1. The average Bonchev–Trinajstić information content (AvgIpc) is 2.72. The Bertz CT molecular complexity index is 757. The Balaban J connectivity index is 1.65. The quantitative estimate of drug-likeness (QED) is 0.196. The number of benzene rings is 2. The van der Waals surface area contributed by atoms with Gasteiger partial charge < -0.3 is 4.84 Å². The SMILES string of the molecule is CPC(O/N=C/c1ccc(CCl)cc1)c1ccc(C2CCCCC2)c(Cl)c1. The topological polar surface area (TPSA) is 21.6 Å². The number of oxime groups is 1. The summed E-state index contributed by atoms with van der Waals surface area (Å²) in [6.45, 7) is 2.12. The minimum atomic E-state index is -0.0683. The van der Waals surface area contributed by atoms with Gasteiger partial charge in [-0.3, -0.25) is 0 Å². The van der Waals surface area contributed by atoms with Crippen molar-refractivity contribution in [1.29, 1.82) is 0 Å². The van der Waals surface area contributed by atoms with Crippen molar-refractivity contribution < 1.29 is 4.84 Å². The second-order valence-electron chi connectivity index (χ2n) is 7.00. The lowest BCUT2D eigenvalue weighted by Gasteiger charge is -2.24. The van der Waals surface area contributed by atoms with Crippen LogP contribution in [0.4, 0.5) is 0 Å². The minimum absolute atomic E-state index is 0.0683. The van der Waals surface area contributed by atoms with E-state index in [4.69, 9.17) is 28.0 Å². The van der Waals surface area contributed by atoms with Crippen molar-refractivity contribution in [2.45, 2.75) is 49.7 Å². The van der Waals surface area contributed by atoms with E-state index in [1.54, 1.807) is 6.21 Å². The van der Waals surface area contributed by atoms with Crippen molar-refractivity contribution in [2.75, 3.05) is 6.66 Å². The fourth-order valence-corrected chi connectivity index (χ4v) is 4.78. The van der Waals surface area contributed by atoms with Crippen molar-refractivity contribution in [1.82, 2.24) is 0 Å². The summed E-state index contributed by atoms with van der Waals surface area (Å²) >= 11 is 12.4. The van der Waals surface area contributed by atoms with Crippen molar-refractivity contribution >= 4 is 38.0 Å². The molecule has 0 N–H and O–H groups in total. The maximum Gasteiger partial charge on any atom is 0.167 e. The molecule has 0 aliphatic heterocycles. The van der Waals surface area contributed by atoms with Crippen LogP contribution >= 0.6 is 31.8 Å². The zero-order valence-electron chi connectivity index (χ0n) is 15.6. The third-order valence-corrected chi connectivity index (χ3v) is 6.74. The van der Waals surface area contributed by atoms with E-state index in [0.29, 0.717) is 20.4 Å². The first-order valence-electron chi connectivity index (χ1n) is 9.52. The fourth-order valence-electron chi connectivity index (χ4n) is 3.58. The van der Waals surface area contributed by atoms with E-state index in [2.05, 4.69) is 30.0 Å². The molecule has 2 aromatic rings. The van der Waals surface area contributed by atoms with Gasteiger partial charge in [0.25, 0.3) is 0 Å². The summed E-state index contributed by atoms with van der Waals surface area (Å²) in [7, 11) is 0.579. The van der Waals surface area contributed by atoms with Gasteiger partial charge in [0.2, 0.25) is 0 Å². The molecule has 2 nitrogen and oxygen atoms in total. The third kappa shape index (κ3) is 5.70. The Kier molecular flexibility index (Phi) is 8.00. The van der Waals surface area contributed by atoms with Crippen LogP contribution in [0.5, 0.6) is 0 Å². The average molecular weight is 422 g/mol. The van der Waals surface area contributed by atoms with Crippen molar-refractivity contribution in [2.24, 2.45) is 5.16 Å². The molecule has 5 heteroatoms. The maximum atomic E-state index is 6.62. The lowest BCUT2D eigenvalue weighted by Crippen LogP contribution is -2.06. The molecule has 0 saturated heterocycles. The highest BCUT2D eigenvalue weighted by molar-refractivity contribution is 7.37.